The van der Waals surface area contributed by atoms with E-state index in [1.165, 1.54) is 6.07 Å². The van der Waals surface area contributed by atoms with Crippen LogP contribution < -0.4 is 10.2 Å². The van der Waals surface area contributed by atoms with Crippen molar-refractivity contribution in [3.63, 3.8) is 0 Å². The van der Waals surface area contributed by atoms with Gasteiger partial charge in [0.1, 0.15) is 17.0 Å². The first-order valence-corrected chi connectivity index (χ1v) is 9.71. The summed E-state index contributed by atoms with van der Waals surface area (Å²) in [4.78, 5) is 5.96. The summed E-state index contributed by atoms with van der Waals surface area (Å²) in [5, 5.41) is 2.38. The Hall–Kier alpha value is -0.860. The molecule has 1 saturated heterocycles. The number of sulfone groups is 1. The van der Waals surface area contributed by atoms with Crippen LogP contribution in [0.2, 0.25) is 0 Å². The molecule has 5 nitrogen and oxygen atoms in total. The van der Waals surface area contributed by atoms with Crippen LogP contribution in [0.1, 0.15) is 12.5 Å². The molecular formula is C13H20FN3O2S2. The van der Waals surface area contributed by atoms with Gasteiger partial charge in [-0.15, -0.1) is 0 Å². The molecule has 0 saturated carbocycles. The number of hydrogen-bond acceptors (Lipinski definition) is 6. The molecule has 1 aromatic heterocycles. The predicted molar refractivity (Wildman–Crippen MR) is 84.9 cm³/mol. The van der Waals surface area contributed by atoms with Gasteiger partial charge in [0.2, 0.25) is 0 Å². The van der Waals surface area contributed by atoms with Crippen molar-refractivity contribution in [3.8, 4) is 0 Å². The van der Waals surface area contributed by atoms with E-state index >= 15 is 0 Å². The number of rotatable bonds is 5. The van der Waals surface area contributed by atoms with Crippen LogP contribution >= 0.6 is 11.8 Å². The molecule has 1 atom stereocenters. The fourth-order valence-corrected chi connectivity index (χ4v) is 5.34. The number of halogens is 1. The molecule has 1 aliphatic heterocycles. The average Bonchev–Trinajstić information content (AvgIpc) is 2.48. The van der Waals surface area contributed by atoms with Crippen molar-refractivity contribution < 1.29 is 12.8 Å². The van der Waals surface area contributed by atoms with E-state index in [0.717, 1.165) is 11.9 Å². The Morgan fingerprint density at radius 3 is 3.00 bits per heavy atom. The van der Waals surface area contributed by atoms with Crippen LogP contribution in [0.25, 0.3) is 0 Å². The summed E-state index contributed by atoms with van der Waals surface area (Å²) in [6.07, 6.45) is 1.14. The minimum absolute atomic E-state index is 0.0945. The molecule has 0 bridgehead atoms. The van der Waals surface area contributed by atoms with Crippen molar-refractivity contribution >= 4 is 27.4 Å². The van der Waals surface area contributed by atoms with Crippen LogP contribution in [0, 0.1) is 5.82 Å². The summed E-state index contributed by atoms with van der Waals surface area (Å²) < 4.78 is 38.0. The number of pyridine rings is 1. The molecule has 0 aliphatic carbocycles. The van der Waals surface area contributed by atoms with E-state index < -0.39 is 21.0 Å². The van der Waals surface area contributed by atoms with Gasteiger partial charge in [0.15, 0.2) is 9.84 Å². The maximum absolute atomic E-state index is 13.4. The Balaban J connectivity index is 2.42. The summed E-state index contributed by atoms with van der Waals surface area (Å²) in [7, 11) is -1.44. The Bertz CT molecular complexity index is 595. The van der Waals surface area contributed by atoms with Gasteiger partial charge in [-0.25, -0.2) is 17.8 Å². The van der Waals surface area contributed by atoms with Crippen molar-refractivity contribution in [1.29, 1.82) is 0 Å². The first-order chi connectivity index (χ1) is 9.99. The fourth-order valence-electron chi connectivity index (χ4n) is 2.37. The summed E-state index contributed by atoms with van der Waals surface area (Å²) in [5.74, 6) is 1.61. The largest absolute Gasteiger partial charge is 0.338 e. The van der Waals surface area contributed by atoms with E-state index in [1.807, 2.05) is 0 Å². The molecule has 1 N–H and O–H groups in total. The van der Waals surface area contributed by atoms with Gasteiger partial charge in [0, 0.05) is 35.9 Å². The summed E-state index contributed by atoms with van der Waals surface area (Å²) in [6.45, 7) is 2.70. The standard InChI is InChI=1S/C13H20FN3O2S2/c1-3-21(18,19)12-9-20-5-4-17(12)13-10(7-15-2)6-11(14)8-16-13/h6,8,12,15H,3-5,7,9H2,1-2H3. The highest BCUT2D eigenvalue weighted by atomic mass is 32.2. The second-order valence-corrected chi connectivity index (χ2v) is 8.44. The molecule has 0 amide bonds. The smallest absolute Gasteiger partial charge is 0.171 e. The lowest BCUT2D eigenvalue weighted by atomic mass is 10.2. The number of anilines is 1. The minimum atomic E-state index is -3.21. The zero-order valence-electron chi connectivity index (χ0n) is 12.2. The number of nitrogens with one attached hydrogen (secondary N) is 1. The highest BCUT2D eigenvalue weighted by Gasteiger charge is 2.34. The first kappa shape index (κ1) is 16.5. The lowest BCUT2D eigenvalue weighted by molar-refractivity contribution is 0.577. The molecule has 2 heterocycles. The van der Waals surface area contributed by atoms with Crippen LogP contribution in [0.15, 0.2) is 12.3 Å². The number of aromatic nitrogens is 1. The SMILES string of the molecule is CCS(=O)(=O)C1CSCCN1c1ncc(F)cc1CNC. The van der Waals surface area contributed by atoms with Gasteiger partial charge in [0.05, 0.1) is 6.20 Å². The monoisotopic (exact) mass is 333 g/mol. The van der Waals surface area contributed by atoms with Crippen molar-refractivity contribution in [2.24, 2.45) is 0 Å². The molecule has 1 unspecified atom stereocenters. The molecular weight excluding hydrogens is 313 g/mol. The van der Waals surface area contributed by atoms with Crippen LogP contribution in [-0.2, 0) is 16.4 Å². The number of nitrogens with zero attached hydrogens (tertiary/aromatic N) is 2. The Morgan fingerprint density at radius 2 is 2.33 bits per heavy atom. The zero-order chi connectivity index (χ0) is 15.5. The Morgan fingerprint density at radius 1 is 1.57 bits per heavy atom. The van der Waals surface area contributed by atoms with Gasteiger partial charge in [-0.1, -0.05) is 6.92 Å². The van der Waals surface area contributed by atoms with Crippen molar-refractivity contribution in [1.82, 2.24) is 10.3 Å². The van der Waals surface area contributed by atoms with Gasteiger partial charge < -0.3 is 10.2 Å². The maximum atomic E-state index is 13.4. The molecule has 0 spiro atoms. The third kappa shape index (κ3) is 3.67. The molecule has 2 rings (SSSR count). The predicted octanol–water partition coefficient (Wildman–Crippen LogP) is 1.25. The van der Waals surface area contributed by atoms with E-state index in [0.29, 0.717) is 30.2 Å². The number of hydrogen-bond donors (Lipinski definition) is 1. The van der Waals surface area contributed by atoms with E-state index in [1.54, 1.807) is 30.6 Å². The second kappa shape index (κ2) is 6.93. The molecule has 1 aromatic rings. The van der Waals surface area contributed by atoms with Crippen LogP contribution in [0.4, 0.5) is 10.2 Å². The molecule has 8 heteroatoms. The van der Waals surface area contributed by atoms with Gasteiger partial charge in [0.25, 0.3) is 0 Å². The lowest BCUT2D eigenvalue weighted by Gasteiger charge is -2.36. The molecule has 1 aliphatic rings. The maximum Gasteiger partial charge on any atom is 0.171 e. The molecule has 1 fully saturated rings. The molecule has 0 radical (unpaired) electrons. The molecule has 21 heavy (non-hydrogen) atoms. The van der Waals surface area contributed by atoms with Gasteiger partial charge in [-0.05, 0) is 13.1 Å². The Kier molecular flexibility index (Phi) is 5.45. The second-order valence-electron chi connectivity index (χ2n) is 4.84. The van der Waals surface area contributed by atoms with E-state index in [2.05, 4.69) is 10.3 Å². The van der Waals surface area contributed by atoms with Crippen LogP contribution in [-0.4, -0.2) is 49.6 Å². The van der Waals surface area contributed by atoms with E-state index in [-0.39, 0.29) is 5.75 Å². The van der Waals surface area contributed by atoms with Crippen molar-refractivity contribution in [2.75, 3.05) is 35.8 Å². The van der Waals surface area contributed by atoms with Gasteiger partial charge in [-0.3, -0.25) is 0 Å². The third-order valence-corrected chi connectivity index (χ3v) is 6.74. The van der Waals surface area contributed by atoms with E-state index in [9.17, 15) is 12.8 Å². The zero-order valence-corrected chi connectivity index (χ0v) is 13.8. The summed E-state index contributed by atoms with van der Waals surface area (Å²) >= 11 is 1.63. The third-order valence-electron chi connectivity index (χ3n) is 3.45. The van der Waals surface area contributed by atoms with Crippen molar-refractivity contribution in [3.05, 3.63) is 23.6 Å². The van der Waals surface area contributed by atoms with Gasteiger partial charge >= 0.3 is 0 Å². The Labute approximate surface area is 129 Å². The van der Waals surface area contributed by atoms with Crippen LogP contribution in [0.3, 0.4) is 0 Å². The highest BCUT2D eigenvalue weighted by Crippen LogP contribution is 2.28. The lowest BCUT2D eigenvalue weighted by Crippen LogP contribution is -2.48. The van der Waals surface area contributed by atoms with E-state index in [4.69, 9.17) is 0 Å². The summed E-state index contributed by atoms with van der Waals surface area (Å²) in [5.41, 5.74) is 0.681. The fraction of sp³-hybridized carbons (Fsp3) is 0.615. The highest BCUT2D eigenvalue weighted by molar-refractivity contribution is 8.01. The number of thioether (sulfide) groups is 1. The normalized spacial score (nSPS) is 19.8. The minimum Gasteiger partial charge on any atom is -0.338 e. The average molecular weight is 333 g/mol. The quantitative estimate of drug-likeness (QED) is 0.875. The van der Waals surface area contributed by atoms with Crippen molar-refractivity contribution in [2.45, 2.75) is 18.8 Å². The first-order valence-electron chi connectivity index (χ1n) is 6.84. The topological polar surface area (TPSA) is 62.3 Å². The molecule has 118 valence electrons. The molecule has 0 aromatic carbocycles. The van der Waals surface area contributed by atoms with Crippen LogP contribution in [0.5, 0.6) is 0 Å². The summed E-state index contributed by atoms with van der Waals surface area (Å²) in [6, 6.07) is 1.41. The van der Waals surface area contributed by atoms with Gasteiger partial charge in [-0.2, -0.15) is 11.8 Å².